The Morgan fingerprint density at radius 1 is 1.03 bits per heavy atom. The summed E-state index contributed by atoms with van der Waals surface area (Å²) >= 11 is 0. The molecule has 0 aromatic heterocycles. The molecule has 2 aromatic carbocycles. The Balaban J connectivity index is 1.25. The summed E-state index contributed by atoms with van der Waals surface area (Å²) in [5.74, 6) is 1.16. The van der Waals surface area contributed by atoms with Crippen LogP contribution in [0.2, 0.25) is 0 Å². The molecular formula is C22H25N3O4. The summed E-state index contributed by atoms with van der Waals surface area (Å²) in [4.78, 5) is 28.9. The van der Waals surface area contributed by atoms with Gasteiger partial charge in [-0.05, 0) is 36.8 Å². The molecule has 4 rings (SSSR count). The second kappa shape index (κ2) is 8.53. The minimum atomic E-state index is -0.624. The summed E-state index contributed by atoms with van der Waals surface area (Å²) in [6.45, 7) is 4.96. The molecule has 0 saturated carbocycles. The molecule has 1 fully saturated rings. The lowest BCUT2D eigenvalue weighted by Crippen LogP contribution is -2.54. The average Bonchev–Trinajstić information content (AvgIpc) is 2.73. The fourth-order valence-corrected chi connectivity index (χ4v) is 3.60. The summed E-state index contributed by atoms with van der Waals surface area (Å²) in [5.41, 5.74) is 1.91. The number of carbonyl (C=O) groups is 2. The molecule has 7 heteroatoms. The van der Waals surface area contributed by atoms with E-state index in [1.54, 1.807) is 11.0 Å². The maximum atomic E-state index is 12.8. The number of nitrogens with one attached hydrogen (secondary N) is 1. The number of piperazine rings is 1. The monoisotopic (exact) mass is 395 g/mol. The molecule has 1 saturated heterocycles. The second-order valence-electron chi connectivity index (χ2n) is 7.38. The predicted octanol–water partition coefficient (Wildman–Crippen LogP) is 1.92. The van der Waals surface area contributed by atoms with Gasteiger partial charge >= 0.3 is 0 Å². The lowest BCUT2D eigenvalue weighted by molar-refractivity contribution is -0.143. The van der Waals surface area contributed by atoms with E-state index in [4.69, 9.17) is 9.47 Å². The van der Waals surface area contributed by atoms with Crippen molar-refractivity contribution >= 4 is 17.5 Å². The Morgan fingerprint density at radius 2 is 1.79 bits per heavy atom. The van der Waals surface area contributed by atoms with Crippen molar-refractivity contribution in [3.63, 3.8) is 0 Å². The van der Waals surface area contributed by atoms with Gasteiger partial charge in [0.15, 0.2) is 11.5 Å². The molecule has 152 valence electrons. The van der Waals surface area contributed by atoms with Crippen LogP contribution in [0.3, 0.4) is 0 Å². The zero-order valence-electron chi connectivity index (χ0n) is 16.5. The fourth-order valence-electron chi connectivity index (χ4n) is 3.60. The number of anilines is 1. The summed E-state index contributed by atoms with van der Waals surface area (Å²) in [6.07, 6.45) is -0.624. The molecule has 1 N–H and O–H groups in total. The molecule has 2 amide bonds. The van der Waals surface area contributed by atoms with Gasteiger partial charge in [0.2, 0.25) is 12.0 Å². The van der Waals surface area contributed by atoms with E-state index in [1.165, 1.54) is 0 Å². The van der Waals surface area contributed by atoms with Gasteiger partial charge in [0.1, 0.15) is 6.61 Å². The number of aryl methyl sites for hydroxylation is 1. The number of rotatable bonds is 4. The molecular weight excluding hydrogens is 370 g/mol. The molecule has 0 aliphatic carbocycles. The van der Waals surface area contributed by atoms with E-state index < -0.39 is 6.10 Å². The van der Waals surface area contributed by atoms with Crippen molar-refractivity contribution in [2.45, 2.75) is 13.0 Å². The molecule has 7 nitrogen and oxygen atoms in total. The standard InChI is InChI=1S/C22H25N3O4/c1-16-5-4-6-17(13-16)23-21(26)14-24-9-11-25(12-10-24)22(27)20-15-28-18-7-2-3-8-19(18)29-20/h2-8,13,20H,9-12,14-15H2,1H3,(H,23,26)/t20-/m0/s1. The van der Waals surface area contributed by atoms with Crippen molar-refractivity contribution in [3.05, 3.63) is 54.1 Å². The van der Waals surface area contributed by atoms with E-state index in [1.807, 2.05) is 49.4 Å². The SMILES string of the molecule is Cc1cccc(NC(=O)CN2CCN(C(=O)[C@@H]3COc4ccccc4O3)CC2)c1. The van der Waals surface area contributed by atoms with Crippen molar-refractivity contribution in [3.8, 4) is 11.5 Å². The molecule has 1 atom stereocenters. The minimum absolute atomic E-state index is 0.0454. The van der Waals surface area contributed by atoms with Crippen molar-refractivity contribution in [1.82, 2.24) is 9.80 Å². The Kier molecular flexibility index (Phi) is 5.67. The largest absolute Gasteiger partial charge is 0.485 e. The van der Waals surface area contributed by atoms with Crippen LogP contribution in [-0.4, -0.2) is 67.0 Å². The lowest BCUT2D eigenvalue weighted by Gasteiger charge is -2.36. The van der Waals surface area contributed by atoms with Crippen LogP contribution in [0.15, 0.2) is 48.5 Å². The van der Waals surface area contributed by atoms with Crippen LogP contribution >= 0.6 is 0 Å². The highest BCUT2D eigenvalue weighted by molar-refractivity contribution is 5.92. The Labute approximate surface area is 170 Å². The van der Waals surface area contributed by atoms with Crippen LogP contribution in [-0.2, 0) is 9.59 Å². The van der Waals surface area contributed by atoms with Crippen LogP contribution in [0.4, 0.5) is 5.69 Å². The number of carbonyl (C=O) groups excluding carboxylic acids is 2. The molecule has 0 bridgehead atoms. The third-order valence-corrected chi connectivity index (χ3v) is 5.14. The highest BCUT2D eigenvalue weighted by Gasteiger charge is 2.32. The van der Waals surface area contributed by atoms with Gasteiger partial charge in [-0.2, -0.15) is 0 Å². The van der Waals surface area contributed by atoms with Gasteiger partial charge in [0.25, 0.3) is 5.91 Å². The molecule has 29 heavy (non-hydrogen) atoms. The number of fused-ring (bicyclic) bond motifs is 1. The topological polar surface area (TPSA) is 71.1 Å². The van der Waals surface area contributed by atoms with Gasteiger partial charge in [0, 0.05) is 31.9 Å². The van der Waals surface area contributed by atoms with Gasteiger partial charge in [0.05, 0.1) is 6.54 Å². The second-order valence-corrected chi connectivity index (χ2v) is 7.38. The number of ether oxygens (including phenoxy) is 2. The number of nitrogens with zero attached hydrogens (tertiary/aromatic N) is 2. The first-order valence-electron chi connectivity index (χ1n) is 9.84. The fraction of sp³-hybridized carbons (Fsp3) is 0.364. The Hall–Kier alpha value is -3.06. The Morgan fingerprint density at radius 3 is 2.55 bits per heavy atom. The third kappa shape index (κ3) is 4.68. The predicted molar refractivity (Wildman–Crippen MR) is 109 cm³/mol. The first kappa shape index (κ1) is 19.3. The van der Waals surface area contributed by atoms with Crippen LogP contribution in [0.5, 0.6) is 11.5 Å². The van der Waals surface area contributed by atoms with Crippen LogP contribution < -0.4 is 14.8 Å². The van der Waals surface area contributed by atoms with Gasteiger partial charge in [-0.1, -0.05) is 24.3 Å². The van der Waals surface area contributed by atoms with E-state index >= 15 is 0 Å². The quantitative estimate of drug-likeness (QED) is 0.857. The van der Waals surface area contributed by atoms with Gasteiger partial charge in [-0.3, -0.25) is 14.5 Å². The normalized spacial score (nSPS) is 18.9. The van der Waals surface area contributed by atoms with E-state index in [0.29, 0.717) is 44.2 Å². The average molecular weight is 395 g/mol. The molecule has 2 heterocycles. The van der Waals surface area contributed by atoms with Gasteiger partial charge in [-0.15, -0.1) is 0 Å². The summed E-state index contributed by atoms with van der Waals surface area (Å²) < 4.78 is 11.5. The van der Waals surface area contributed by atoms with E-state index in [9.17, 15) is 9.59 Å². The van der Waals surface area contributed by atoms with Gasteiger partial charge in [-0.25, -0.2) is 0 Å². The van der Waals surface area contributed by atoms with Crippen molar-refractivity contribution in [1.29, 1.82) is 0 Å². The van der Waals surface area contributed by atoms with E-state index in [-0.39, 0.29) is 18.4 Å². The minimum Gasteiger partial charge on any atom is -0.485 e. The van der Waals surface area contributed by atoms with E-state index in [2.05, 4.69) is 10.2 Å². The van der Waals surface area contributed by atoms with E-state index in [0.717, 1.165) is 11.3 Å². The highest BCUT2D eigenvalue weighted by Crippen LogP contribution is 2.31. The summed E-state index contributed by atoms with van der Waals surface area (Å²) in [7, 11) is 0. The van der Waals surface area contributed by atoms with Crippen LogP contribution in [0, 0.1) is 6.92 Å². The maximum absolute atomic E-state index is 12.8. The zero-order chi connectivity index (χ0) is 20.2. The van der Waals surface area contributed by atoms with Crippen LogP contribution in [0.25, 0.3) is 0 Å². The summed E-state index contributed by atoms with van der Waals surface area (Å²) in [6, 6.07) is 15.1. The maximum Gasteiger partial charge on any atom is 0.267 e. The smallest absolute Gasteiger partial charge is 0.267 e. The van der Waals surface area contributed by atoms with Crippen molar-refractivity contribution in [2.75, 3.05) is 44.6 Å². The molecule has 0 radical (unpaired) electrons. The number of amides is 2. The third-order valence-electron chi connectivity index (χ3n) is 5.14. The molecule has 2 aromatic rings. The zero-order valence-corrected chi connectivity index (χ0v) is 16.5. The number of para-hydroxylation sites is 2. The van der Waals surface area contributed by atoms with Crippen molar-refractivity contribution < 1.29 is 19.1 Å². The van der Waals surface area contributed by atoms with Gasteiger partial charge < -0.3 is 19.7 Å². The Bertz CT molecular complexity index is 893. The first-order chi connectivity index (χ1) is 14.1. The highest BCUT2D eigenvalue weighted by atomic mass is 16.6. The molecule has 0 unspecified atom stereocenters. The first-order valence-corrected chi connectivity index (χ1v) is 9.84. The number of hydrogen-bond acceptors (Lipinski definition) is 5. The number of benzene rings is 2. The molecule has 2 aliphatic heterocycles. The molecule has 2 aliphatic rings. The van der Waals surface area contributed by atoms with Crippen LogP contribution in [0.1, 0.15) is 5.56 Å². The number of hydrogen-bond donors (Lipinski definition) is 1. The summed E-state index contributed by atoms with van der Waals surface area (Å²) in [5, 5.41) is 2.93. The molecule has 0 spiro atoms. The lowest BCUT2D eigenvalue weighted by atomic mass is 10.2. The van der Waals surface area contributed by atoms with Crippen molar-refractivity contribution in [2.24, 2.45) is 0 Å².